The van der Waals surface area contributed by atoms with Gasteiger partial charge in [0.2, 0.25) is 0 Å². The Morgan fingerprint density at radius 2 is 2.12 bits per heavy atom. The Bertz CT molecular complexity index is 654. The third-order valence-electron chi connectivity index (χ3n) is 2.40. The molecule has 0 unspecified atom stereocenters. The molecule has 5 nitrogen and oxygen atoms in total. The molecule has 3 heterocycles. The van der Waals surface area contributed by atoms with E-state index in [2.05, 4.69) is 10.1 Å². The fourth-order valence-electron chi connectivity index (χ4n) is 1.59. The summed E-state index contributed by atoms with van der Waals surface area (Å²) in [6.45, 7) is 0. The molecule has 0 fully saturated rings. The Morgan fingerprint density at radius 3 is 2.88 bits per heavy atom. The van der Waals surface area contributed by atoms with Crippen LogP contribution in [0.25, 0.3) is 15.9 Å². The van der Waals surface area contributed by atoms with E-state index in [1.165, 1.54) is 6.20 Å². The fraction of sp³-hybridized carbons (Fsp3) is 0. The number of rotatable bonds is 1. The maximum absolute atomic E-state index is 5.83. The molecule has 0 radical (unpaired) electrons. The summed E-state index contributed by atoms with van der Waals surface area (Å²) < 4.78 is 2.71. The Morgan fingerprint density at radius 1 is 1.25 bits per heavy atom. The zero-order valence-electron chi connectivity index (χ0n) is 8.29. The topological polar surface area (TPSA) is 82.8 Å². The Balaban J connectivity index is 2.33. The average molecular weight is 231 g/mol. The molecule has 0 amide bonds. The van der Waals surface area contributed by atoms with E-state index in [9.17, 15) is 0 Å². The van der Waals surface area contributed by atoms with Crippen LogP contribution in [0.2, 0.25) is 0 Å². The third-order valence-corrected chi connectivity index (χ3v) is 3.28. The Kier molecular flexibility index (Phi) is 1.84. The first kappa shape index (κ1) is 9.17. The molecular weight excluding hydrogens is 222 g/mol. The van der Waals surface area contributed by atoms with Crippen LogP contribution < -0.4 is 11.5 Å². The summed E-state index contributed by atoms with van der Waals surface area (Å²) in [5.74, 6) is 1.14. The molecule has 0 aromatic carbocycles. The van der Waals surface area contributed by atoms with Crippen molar-refractivity contribution in [3.05, 3.63) is 29.9 Å². The van der Waals surface area contributed by atoms with E-state index in [4.69, 9.17) is 11.5 Å². The van der Waals surface area contributed by atoms with Gasteiger partial charge in [-0.05, 0) is 17.5 Å². The van der Waals surface area contributed by atoms with Crippen LogP contribution >= 0.6 is 11.3 Å². The number of thiophene rings is 1. The van der Waals surface area contributed by atoms with Crippen molar-refractivity contribution in [3.8, 4) is 5.82 Å². The maximum Gasteiger partial charge on any atom is 0.164 e. The molecule has 3 rings (SSSR count). The van der Waals surface area contributed by atoms with Gasteiger partial charge >= 0.3 is 0 Å². The van der Waals surface area contributed by atoms with Gasteiger partial charge in [-0.1, -0.05) is 0 Å². The van der Waals surface area contributed by atoms with E-state index in [-0.39, 0.29) is 0 Å². The first-order valence-corrected chi connectivity index (χ1v) is 5.57. The lowest BCUT2D eigenvalue weighted by atomic mass is 10.3. The van der Waals surface area contributed by atoms with Gasteiger partial charge in [0.25, 0.3) is 0 Å². The highest BCUT2D eigenvalue weighted by Gasteiger charge is 2.11. The van der Waals surface area contributed by atoms with Crippen molar-refractivity contribution in [2.24, 2.45) is 0 Å². The van der Waals surface area contributed by atoms with Gasteiger partial charge < -0.3 is 11.5 Å². The van der Waals surface area contributed by atoms with Crippen LogP contribution in [0, 0.1) is 0 Å². The second kappa shape index (κ2) is 3.21. The Hall–Kier alpha value is -2.08. The van der Waals surface area contributed by atoms with E-state index in [1.54, 1.807) is 22.2 Å². The molecule has 16 heavy (non-hydrogen) atoms. The number of nitrogens with two attached hydrogens (primary N) is 2. The highest BCUT2D eigenvalue weighted by molar-refractivity contribution is 7.17. The maximum atomic E-state index is 5.83. The summed E-state index contributed by atoms with van der Waals surface area (Å²) in [6.07, 6.45) is 3.27. The number of fused-ring (bicyclic) bond motifs is 1. The number of aromatic nitrogens is 3. The number of anilines is 2. The second-order valence-electron chi connectivity index (χ2n) is 3.36. The number of nitrogens with zero attached hydrogens (tertiary/aromatic N) is 3. The molecule has 0 aliphatic rings. The molecule has 0 bridgehead atoms. The van der Waals surface area contributed by atoms with Crippen molar-refractivity contribution in [2.45, 2.75) is 0 Å². The molecule has 0 atom stereocenters. The highest BCUT2D eigenvalue weighted by Crippen LogP contribution is 2.27. The predicted molar refractivity (Wildman–Crippen MR) is 65.6 cm³/mol. The molecule has 0 aliphatic carbocycles. The fourth-order valence-corrected chi connectivity index (χ4v) is 2.36. The van der Waals surface area contributed by atoms with E-state index >= 15 is 0 Å². The molecular formula is C10H9N5S. The van der Waals surface area contributed by atoms with Crippen molar-refractivity contribution in [1.29, 1.82) is 0 Å². The molecule has 0 saturated heterocycles. The average Bonchev–Trinajstić information content (AvgIpc) is 2.87. The minimum Gasteiger partial charge on any atom is -0.394 e. The summed E-state index contributed by atoms with van der Waals surface area (Å²) in [6, 6.07) is 3.96. The van der Waals surface area contributed by atoms with Gasteiger partial charge in [-0.3, -0.25) is 0 Å². The van der Waals surface area contributed by atoms with Gasteiger partial charge in [-0.25, -0.2) is 4.98 Å². The summed E-state index contributed by atoms with van der Waals surface area (Å²) in [7, 11) is 0. The molecule has 0 aliphatic heterocycles. The largest absolute Gasteiger partial charge is 0.394 e. The van der Waals surface area contributed by atoms with E-state index < -0.39 is 0 Å². The normalized spacial score (nSPS) is 11.0. The van der Waals surface area contributed by atoms with E-state index in [0.717, 1.165) is 10.1 Å². The molecule has 3 aromatic heterocycles. The number of hydrogen-bond donors (Lipinski definition) is 2. The number of nitrogen functional groups attached to an aromatic ring is 2. The van der Waals surface area contributed by atoms with Crippen molar-refractivity contribution in [3.63, 3.8) is 0 Å². The first-order chi connectivity index (χ1) is 7.77. The van der Waals surface area contributed by atoms with Gasteiger partial charge in [-0.2, -0.15) is 9.78 Å². The highest BCUT2D eigenvalue weighted by atomic mass is 32.1. The van der Waals surface area contributed by atoms with Crippen LogP contribution in [0.15, 0.2) is 29.9 Å². The summed E-state index contributed by atoms with van der Waals surface area (Å²) in [5.41, 5.74) is 12.0. The van der Waals surface area contributed by atoms with Gasteiger partial charge in [-0.15, -0.1) is 11.3 Å². The molecule has 80 valence electrons. The Labute approximate surface area is 95.3 Å². The van der Waals surface area contributed by atoms with Gasteiger partial charge in [0.1, 0.15) is 0 Å². The summed E-state index contributed by atoms with van der Waals surface area (Å²) in [4.78, 5) is 4.30. The van der Waals surface area contributed by atoms with E-state index in [0.29, 0.717) is 17.3 Å². The van der Waals surface area contributed by atoms with Crippen molar-refractivity contribution in [1.82, 2.24) is 14.8 Å². The summed E-state index contributed by atoms with van der Waals surface area (Å²) in [5, 5.41) is 7.17. The molecule has 4 N–H and O–H groups in total. The van der Waals surface area contributed by atoms with Crippen molar-refractivity contribution >= 4 is 32.9 Å². The number of hydrogen-bond acceptors (Lipinski definition) is 5. The molecule has 0 saturated carbocycles. The van der Waals surface area contributed by atoms with Crippen LogP contribution in [0.3, 0.4) is 0 Å². The monoisotopic (exact) mass is 231 g/mol. The zero-order chi connectivity index (χ0) is 11.1. The molecule has 0 spiro atoms. The van der Waals surface area contributed by atoms with Gasteiger partial charge in [0.05, 0.1) is 11.9 Å². The zero-order valence-corrected chi connectivity index (χ0v) is 9.11. The van der Waals surface area contributed by atoms with Crippen LogP contribution in [0.5, 0.6) is 0 Å². The predicted octanol–water partition coefficient (Wildman–Crippen LogP) is 1.65. The quantitative estimate of drug-likeness (QED) is 0.667. The SMILES string of the molecule is Nc1cnn(-c2nccc3sccc23)c1N. The van der Waals surface area contributed by atoms with Crippen LogP contribution in [0.4, 0.5) is 11.5 Å². The molecule has 3 aromatic rings. The minimum absolute atomic E-state index is 0.422. The smallest absolute Gasteiger partial charge is 0.164 e. The number of pyridine rings is 1. The van der Waals surface area contributed by atoms with Crippen LogP contribution in [-0.2, 0) is 0 Å². The third kappa shape index (κ3) is 1.17. The lowest BCUT2D eigenvalue weighted by Crippen LogP contribution is -2.05. The van der Waals surface area contributed by atoms with Crippen LogP contribution in [-0.4, -0.2) is 14.8 Å². The molecule has 6 heteroatoms. The van der Waals surface area contributed by atoms with E-state index in [1.807, 2.05) is 17.5 Å². The minimum atomic E-state index is 0.422. The van der Waals surface area contributed by atoms with Crippen molar-refractivity contribution in [2.75, 3.05) is 11.5 Å². The van der Waals surface area contributed by atoms with Crippen LogP contribution in [0.1, 0.15) is 0 Å². The van der Waals surface area contributed by atoms with Crippen molar-refractivity contribution < 1.29 is 0 Å². The van der Waals surface area contributed by atoms with Gasteiger partial charge in [0, 0.05) is 16.3 Å². The summed E-state index contributed by atoms with van der Waals surface area (Å²) >= 11 is 1.66. The second-order valence-corrected chi connectivity index (χ2v) is 4.31. The standard InChI is InChI=1S/C10H9N5S/c11-7-5-14-15(9(7)12)10-6-2-4-16-8(6)1-3-13-10/h1-5H,11-12H2. The van der Waals surface area contributed by atoms with Gasteiger partial charge in [0.15, 0.2) is 11.6 Å². The lowest BCUT2D eigenvalue weighted by Gasteiger charge is -2.04. The lowest BCUT2D eigenvalue weighted by molar-refractivity contribution is 0.867. The first-order valence-electron chi connectivity index (χ1n) is 4.69.